The molecule has 2 aromatic carbocycles. The number of carbonyl (C=O) groups excluding carboxylic acids is 1. The fraction of sp³-hybridized carbons (Fsp3) is 0.400. The zero-order chi connectivity index (χ0) is 22.3. The van der Waals surface area contributed by atoms with Crippen molar-refractivity contribution in [1.29, 1.82) is 0 Å². The summed E-state index contributed by atoms with van der Waals surface area (Å²) in [5.41, 5.74) is 3.40. The molecule has 7 nitrogen and oxygen atoms in total. The summed E-state index contributed by atoms with van der Waals surface area (Å²) in [5, 5.41) is 10.6. The van der Waals surface area contributed by atoms with Crippen molar-refractivity contribution in [2.75, 3.05) is 11.9 Å². The van der Waals surface area contributed by atoms with E-state index in [2.05, 4.69) is 20.8 Å². The highest BCUT2D eigenvalue weighted by Crippen LogP contribution is 2.28. The van der Waals surface area contributed by atoms with E-state index >= 15 is 0 Å². The monoisotopic (exact) mass is 434 g/mol. The zero-order valence-electron chi connectivity index (χ0n) is 18.7. The third kappa shape index (κ3) is 5.28. The highest BCUT2D eigenvalue weighted by atomic mass is 16.5. The molecule has 0 bridgehead atoms. The van der Waals surface area contributed by atoms with E-state index in [1.807, 2.05) is 56.3 Å². The van der Waals surface area contributed by atoms with Gasteiger partial charge in [0.2, 0.25) is 11.7 Å². The van der Waals surface area contributed by atoms with Crippen LogP contribution in [0.25, 0.3) is 11.4 Å². The lowest BCUT2D eigenvalue weighted by molar-refractivity contribution is 0.0927. The highest BCUT2D eigenvalue weighted by molar-refractivity contribution is 5.95. The minimum atomic E-state index is 0.000978. The first-order chi connectivity index (χ1) is 15.6. The van der Waals surface area contributed by atoms with Gasteiger partial charge in [-0.15, -0.1) is 0 Å². The maximum absolute atomic E-state index is 12.6. The molecule has 1 amide bonds. The molecule has 1 fully saturated rings. The number of ether oxygens (including phenoxy) is 1. The summed E-state index contributed by atoms with van der Waals surface area (Å²) in [4.78, 5) is 17.1. The standard InChI is InChI=1S/C25H30N4O3/c1-3-31-22-12-8-7-11-20(22)24-28-23(32-29-24)16-26-21-14-13-18(15-17(21)2)25(30)27-19-9-5-4-6-10-19/h7-8,11-15,19,26H,3-6,9-10,16H2,1-2H3,(H,27,30). The van der Waals surface area contributed by atoms with Gasteiger partial charge in [-0.05, 0) is 62.6 Å². The molecule has 1 heterocycles. The van der Waals surface area contributed by atoms with Gasteiger partial charge in [0.15, 0.2) is 0 Å². The van der Waals surface area contributed by atoms with Gasteiger partial charge in [-0.3, -0.25) is 4.79 Å². The SMILES string of the molecule is CCOc1ccccc1-c1noc(CNc2ccc(C(=O)NC3CCCCC3)cc2C)n1. The molecule has 168 valence electrons. The van der Waals surface area contributed by atoms with Gasteiger partial charge in [0, 0.05) is 17.3 Å². The number of amides is 1. The summed E-state index contributed by atoms with van der Waals surface area (Å²) in [6, 6.07) is 13.6. The fourth-order valence-electron chi connectivity index (χ4n) is 4.06. The first-order valence-electron chi connectivity index (χ1n) is 11.3. The summed E-state index contributed by atoms with van der Waals surface area (Å²) < 4.78 is 11.1. The van der Waals surface area contributed by atoms with Crippen molar-refractivity contribution < 1.29 is 14.1 Å². The van der Waals surface area contributed by atoms with E-state index in [1.54, 1.807) is 0 Å². The molecular weight excluding hydrogens is 404 g/mol. The Kier molecular flexibility index (Phi) is 7.04. The van der Waals surface area contributed by atoms with E-state index in [-0.39, 0.29) is 5.91 Å². The van der Waals surface area contributed by atoms with Crippen LogP contribution in [0.3, 0.4) is 0 Å². The van der Waals surface area contributed by atoms with E-state index in [4.69, 9.17) is 9.26 Å². The van der Waals surface area contributed by atoms with Crippen molar-refractivity contribution in [2.45, 2.75) is 58.5 Å². The van der Waals surface area contributed by atoms with Gasteiger partial charge in [-0.1, -0.05) is 36.6 Å². The number of hydrogen-bond donors (Lipinski definition) is 2. The van der Waals surface area contributed by atoms with Crippen LogP contribution in [0.15, 0.2) is 47.0 Å². The maximum Gasteiger partial charge on any atom is 0.251 e. The molecule has 0 saturated heterocycles. The Morgan fingerprint density at radius 2 is 1.97 bits per heavy atom. The topological polar surface area (TPSA) is 89.3 Å². The molecule has 3 aromatic rings. The Morgan fingerprint density at radius 1 is 1.16 bits per heavy atom. The number of para-hydroxylation sites is 1. The lowest BCUT2D eigenvalue weighted by Crippen LogP contribution is -2.36. The Labute approximate surface area is 188 Å². The zero-order valence-corrected chi connectivity index (χ0v) is 18.7. The molecule has 0 spiro atoms. The molecule has 0 atom stereocenters. The molecule has 1 aliphatic rings. The number of aromatic nitrogens is 2. The van der Waals surface area contributed by atoms with Crippen molar-refractivity contribution in [3.8, 4) is 17.1 Å². The van der Waals surface area contributed by atoms with Crippen LogP contribution < -0.4 is 15.4 Å². The van der Waals surface area contributed by atoms with Crippen LogP contribution in [0, 0.1) is 6.92 Å². The quantitative estimate of drug-likeness (QED) is 0.512. The number of anilines is 1. The summed E-state index contributed by atoms with van der Waals surface area (Å²) in [6.45, 7) is 4.88. The number of rotatable bonds is 8. The molecule has 32 heavy (non-hydrogen) atoms. The number of aryl methyl sites for hydroxylation is 1. The summed E-state index contributed by atoms with van der Waals surface area (Å²) in [5.74, 6) is 1.71. The van der Waals surface area contributed by atoms with Gasteiger partial charge in [0.1, 0.15) is 5.75 Å². The smallest absolute Gasteiger partial charge is 0.251 e. The van der Waals surface area contributed by atoms with Gasteiger partial charge < -0.3 is 19.9 Å². The summed E-state index contributed by atoms with van der Waals surface area (Å²) in [7, 11) is 0. The van der Waals surface area contributed by atoms with Crippen molar-refractivity contribution in [1.82, 2.24) is 15.5 Å². The lowest BCUT2D eigenvalue weighted by atomic mass is 9.95. The summed E-state index contributed by atoms with van der Waals surface area (Å²) >= 11 is 0. The third-order valence-corrected chi connectivity index (χ3v) is 5.75. The molecule has 2 N–H and O–H groups in total. The van der Waals surface area contributed by atoms with Crippen molar-refractivity contribution in [3.63, 3.8) is 0 Å². The minimum Gasteiger partial charge on any atom is -0.493 e. The molecule has 0 radical (unpaired) electrons. The van der Waals surface area contributed by atoms with Crippen LogP contribution in [0.4, 0.5) is 5.69 Å². The van der Waals surface area contributed by atoms with Gasteiger partial charge in [-0.25, -0.2) is 0 Å². The number of benzene rings is 2. The second-order valence-corrected chi connectivity index (χ2v) is 8.13. The number of carbonyl (C=O) groups is 1. The Balaban J connectivity index is 1.38. The Hall–Kier alpha value is -3.35. The van der Waals surface area contributed by atoms with Crippen LogP contribution in [0.1, 0.15) is 60.8 Å². The van der Waals surface area contributed by atoms with Gasteiger partial charge in [0.25, 0.3) is 5.91 Å². The fourth-order valence-corrected chi connectivity index (χ4v) is 4.06. The molecule has 1 saturated carbocycles. The van der Waals surface area contributed by atoms with Crippen molar-refractivity contribution >= 4 is 11.6 Å². The van der Waals surface area contributed by atoms with Crippen LogP contribution in [0.2, 0.25) is 0 Å². The van der Waals surface area contributed by atoms with Crippen LogP contribution in [0.5, 0.6) is 5.75 Å². The predicted octanol–water partition coefficient (Wildman–Crippen LogP) is 5.12. The lowest BCUT2D eigenvalue weighted by Gasteiger charge is -2.23. The van der Waals surface area contributed by atoms with Gasteiger partial charge >= 0.3 is 0 Å². The van der Waals surface area contributed by atoms with Crippen LogP contribution in [-0.2, 0) is 6.54 Å². The Morgan fingerprint density at radius 3 is 2.75 bits per heavy atom. The number of nitrogens with one attached hydrogen (secondary N) is 2. The van der Waals surface area contributed by atoms with Crippen LogP contribution >= 0.6 is 0 Å². The van der Waals surface area contributed by atoms with E-state index in [1.165, 1.54) is 19.3 Å². The van der Waals surface area contributed by atoms with E-state index in [0.717, 1.165) is 35.4 Å². The highest BCUT2D eigenvalue weighted by Gasteiger charge is 2.17. The largest absolute Gasteiger partial charge is 0.493 e. The minimum absolute atomic E-state index is 0.000978. The molecule has 0 aliphatic heterocycles. The average Bonchev–Trinajstić information content (AvgIpc) is 3.28. The molecule has 1 aromatic heterocycles. The molecule has 7 heteroatoms. The number of hydrogen-bond acceptors (Lipinski definition) is 6. The molecule has 1 aliphatic carbocycles. The normalized spacial score (nSPS) is 14.2. The first kappa shape index (κ1) is 21.9. The van der Waals surface area contributed by atoms with E-state index in [9.17, 15) is 4.79 Å². The Bertz CT molecular complexity index is 1060. The maximum atomic E-state index is 12.6. The average molecular weight is 435 g/mol. The third-order valence-electron chi connectivity index (χ3n) is 5.75. The second-order valence-electron chi connectivity index (χ2n) is 8.13. The van der Waals surface area contributed by atoms with Crippen LogP contribution in [-0.4, -0.2) is 28.7 Å². The van der Waals surface area contributed by atoms with Gasteiger partial charge in [-0.2, -0.15) is 4.98 Å². The van der Waals surface area contributed by atoms with Gasteiger partial charge in [0.05, 0.1) is 18.7 Å². The molecular formula is C25H30N4O3. The van der Waals surface area contributed by atoms with E-state index < -0.39 is 0 Å². The van der Waals surface area contributed by atoms with E-state index in [0.29, 0.717) is 36.5 Å². The van der Waals surface area contributed by atoms with Crippen molar-refractivity contribution in [2.24, 2.45) is 0 Å². The molecule has 4 rings (SSSR count). The summed E-state index contributed by atoms with van der Waals surface area (Å²) in [6.07, 6.45) is 5.81. The second kappa shape index (κ2) is 10.3. The first-order valence-corrected chi connectivity index (χ1v) is 11.3. The molecule has 0 unspecified atom stereocenters. The number of nitrogens with zero attached hydrogens (tertiary/aromatic N) is 2. The predicted molar refractivity (Wildman–Crippen MR) is 124 cm³/mol. The van der Waals surface area contributed by atoms with Crippen molar-refractivity contribution in [3.05, 3.63) is 59.5 Å².